The molecule has 1 heteroatoms. The molecule has 90 valence electrons. The molecule has 0 spiro atoms. The van der Waals surface area contributed by atoms with Gasteiger partial charge in [-0.25, -0.2) is 0 Å². The quantitative estimate of drug-likeness (QED) is 0.820. The van der Waals surface area contributed by atoms with E-state index in [4.69, 9.17) is 0 Å². The van der Waals surface area contributed by atoms with Gasteiger partial charge in [-0.15, -0.1) is 0 Å². The normalized spacial score (nSPS) is 13.8. The van der Waals surface area contributed by atoms with Crippen molar-refractivity contribution in [2.75, 3.05) is 0 Å². The minimum Gasteiger partial charge on any atom is -0.393 e. The third-order valence-electron chi connectivity index (χ3n) is 2.78. The number of rotatable bonds is 4. The van der Waals surface area contributed by atoms with Crippen molar-refractivity contribution < 1.29 is 5.11 Å². The maximum absolute atomic E-state index is 9.96. The second-order valence-corrected chi connectivity index (χ2v) is 5.95. The van der Waals surface area contributed by atoms with Crippen LogP contribution < -0.4 is 0 Å². The second kappa shape index (κ2) is 5.49. The van der Waals surface area contributed by atoms with E-state index in [0.29, 0.717) is 5.41 Å². The highest BCUT2D eigenvalue weighted by atomic mass is 16.3. The van der Waals surface area contributed by atoms with Crippen molar-refractivity contribution in [1.82, 2.24) is 0 Å². The van der Waals surface area contributed by atoms with Crippen LogP contribution in [0, 0.1) is 12.3 Å². The summed E-state index contributed by atoms with van der Waals surface area (Å²) in [6.45, 7) is 8.73. The van der Waals surface area contributed by atoms with E-state index in [1.54, 1.807) is 0 Å². The van der Waals surface area contributed by atoms with Crippen LogP contribution in [0.3, 0.4) is 0 Å². The molecule has 1 aromatic rings. The second-order valence-electron chi connectivity index (χ2n) is 5.95. The highest BCUT2D eigenvalue weighted by Crippen LogP contribution is 2.22. The zero-order chi connectivity index (χ0) is 12.2. The summed E-state index contributed by atoms with van der Waals surface area (Å²) in [7, 11) is 0. The van der Waals surface area contributed by atoms with Crippen LogP contribution in [0.2, 0.25) is 0 Å². The topological polar surface area (TPSA) is 20.2 Å². The monoisotopic (exact) mass is 220 g/mol. The number of aliphatic hydroxyl groups excluding tert-OH is 1. The zero-order valence-electron chi connectivity index (χ0n) is 11.0. The summed E-state index contributed by atoms with van der Waals surface area (Å²) in [5.41, 5.74) is 2.81. The predicted octanol–water partition coefficient (Wildman–Crippen LogP) is 3.72. The van der Waals surface area contributed by atoms with Crippen molar-refractivity contribution in [1.29, 1.82) is 0 Å². The van der Waals surface area contributed by atoms with Gasteiger partial charge < -0.3 is 5.11 Å². The lowest BCUT2D eigenvalue weighted by Crippen LogP contribution is -2.15. The molecule has 16 heavy (non-hydrogen) atoms. The van der Waals surface area contributed by atoms with Gasteiger partial charge in [0, 0.05) is 0 Å². The Labute approximate surface area is 99.5 Å². The molecule has 0 saturated carbocycles. The maximum atomic E-state index is 9.96. The first-order valence-electron chi connectivity index (χ1n) is 6.10. The Morgan fingerprint density at radius 2 is 1.94 bits per heavy atom. The Kier molecular flexibility index (Phi) is 4.55. The molecule has 0 saturated heterocycles. The first-order chi connectivity index (χ1) is 7.37. The SMILES string of the molecule is Cc1cccc(CC(O)CCC(C)(C)C)c1. The van der Waals surface area contributed by atoms with Crippen molar-refractivity contribution in [3.05, 3.63) is 35.4 Å². The molecule has 0 aromatic heterocycles. The fraction of sp³-hybridized carbons (Fsp3) is 0.600. The van der Waals surface area contributed by atoms with Crippen molar-refractivity contribution >= 4 is 0 Å². The molecule has 0 aliphatic heterocycles. The molecule has 0 amide bonds. The lowest BCUT2D eigenvalue weighted by atomic mass is 9.88. The van der Waals surface area contributed by atoms with Crippen molar-refractivity contribution in [3.63, 3.8) is 0 Å². The molecule has 1 aromatic carbocycles. The molecule has 0 aliphatic rings. The van der Waals surface area contributed by atoms with Crippen molar-refractivity contribution in [3.8, 4) is 0 Å². The van der Waals surface area contributed by atoms with Gasteiger partial charge in [0.05, 0.1) is 6.10 Å². The third kappa shape index (κ3) is 5.32. The van der Waals surface area contributed by atoms with Gasteiger partial charge in [0.15, 0.2) is 0 Å². The minimum atomic E-state index is -0.207. The van der Waals surface area contributed by atoms with E-state index in [-0.39, 0.29) is 6.10 Å². The van der Waals surface area contributed by atoms with E-state index in [1.807, 2.05) is 0 Å². The summed E-state index contributed by atoms with van der Waals surface area (Å²) in [5, 5.41) is 9.96. The summed E-state index contributed by atoms with van der Waals surface area (Å²) in [4.78, 5) is 0. The standard InChI is InChI=1S/C15H24O/c1-12-6-5-7-13(10-12)11-14(16)8-9-15(2,3)4/h5-7,10,14,16H,8-9,11H2,1-4H3. The van der Waals surface area contributed by atoms with Crippen LogP contribution in [-0.4, -0.2) is 11.2 Å². The van der Waals surface area contributed by atoms with Gasteiger partial charge in [-0.1, -0.05) is 50.6 Å². The molecule has 0 aliphatic carbocycles. The van der Waals surface area contributed by atoms with Gasteiger partial charge in [-0.3, -0.25) is 0 Å². The Balaban J connectivity index is 2.43. The largest absolute Gasteiger partial charge is 0.393 e. The molecule has 1 nitrogen and oxygen atoms in total. The van der Waals surface area contributed by atoms with E-state index in [1.165, 1.54) is 11.1 Å². The maximum Gasteiger partial charge on any atom is 0.0580 e. The highest BCUT2D eigenvalue weighted by molar-refractivity contribution is 5.22. The molecule has 1 unspecified atom stereocenters. The first kappa shape index (κ1) is 13.2. The van der Waals surface area contributed by atoms with Crippen LogP contribution >= 0.6 is 0 Å². The number of aryl methyl sites for hydroxylation is 1. The van der Waals surface area contributed by atoms with Gasteiger partial charge in [-0.05, 0) is 37.2 Å². The van der Waals surface area contributed by atoms with Gasteiger partial charge in [0.2, 0.25) is 0 Å². The van der Waals surface area contributed by atoms with E-state index in [2.05, 4.69) is 52.0 Å². The molecule has 0 heterocycles. The fourth-order valence-electron chi connectivity index (χ4n) is 1.81. The van der Waals surface area contributed by atoms with Gasteiger partial charge in [0.25, 0.3) is 0 Å². The van der Waals surface area contributed by atoms with E-state index >= 15 is 0 Å². The molecule has 0 radical (unpaired) electrons. The molecule has 1 atom stereocenters. The number of aliphatic hydroxyl groups is 1. The van der Waals surface area contributed by atoms with Gasteiger partial charge >= 0.3 is 0 Å². The smallest absolute Gasteiger partial charge is 0.0580 e. The fourth-order valence-corrected chi connectivity index (χ4v) is 1.81. The Hall–Kier alpha value is -0.820. The van der Waals surface area contributed by atoms with E-state index in [0.717, 1.165) is 19.3 Å². The highest BCUT2D eigenvalue weighted by Gasteiger charge is 2.13. The Morgan fingerprint density at radius 3 is 2.50 bits per heavy atom. The minimum absolute atomic E-state index is 0.207. The summed E-state index contributed by atoms with van der Waals surface area (Å²) >= 11 is 0. The summed E-state index contributed by atoms with van der Waals surface area (Å²) in [6, 6.07) is 8.39. The number of hydrogen-bond acceptors (Lipinski definition) is 1. The van der Waals surface area contributed by atoms with Crippen molar-refractivity contribution in [2.45, 2.75) is 53.1 Å². The summed E-state index contributed by atoms with van der Waals surface area (Å²) in [6.07, 6.45) is 2.52. The lowest BCUT2D eigenvalue weighted by molar-refractivity contribution is 0.146. The van der Waals surface area contributed by atoms with Crippen LogP contribution in [0.1, 0.15) is 44.7 Å². The summed E-state index contributed by atoms with van der Waals surface area (Å²) in [5.74, 6) is 0. The molecule has 0 bridgehead atoms. The lowest BCUT2D eigenvalue weighted by Gasteiger charge is -2.20. The zero-order valence-corrected chi connectivity index (χ0v) is 11.0. The van der Waals surface area contributed by atoms with Gasteiger partial charge in [0.1, 0.15) is 0 Å². The average molecular weight is 220 g/mol. The van der Waals surface area contributed by atoms with E-state index < -0.39 is 0 Å². The van der Waals surface area contributed by atoms with Gasteiger partial charge in [-0.2, -0.15) is 0 Å². The van der Waals surface area contributed by atoms with Crippen LogP contribution in [-0.2, 0) is 6.42 Å². The molecule has 0 fully saturated rings. The van der Waals surface area contributed by atoms with Crippen molar-refractivity contribution in [2.24, 2.45) is 5.41 Å². The number of hydrogen-bond donors (Lipinski definition) is 1. The Morgan fingerprint density at radius 1 is 1.25 bits per heavy atom. The van der Waals surface area contributed by atoms with E-state index in [9.17, 15) is 5.11 Å². The number of benzene rings is 1. The molecule has 1 rings (SSSR count). The Bertz CT molecular complexity index is 322. The van der Waals surface area contributed by atoms with Crippen LogP contribution in [0.15, 0.2) is 24.3 Å². The third-order valence-corrected chi connectivity index (χ3v) is 2.78. The first-order valence-corrected chi connectivity index (χ1v) is 6.10. The molecular formula is C15H24O. The average Bonchev–Trinajstić information content (AvgIpc) is 2.14. The molecular weight excluding hydrogens is 196 g/mol. The molecule has 1 N–H and O–H groups in total. The van der Waals surface area contributed by atoms with Crippen LogP contribution in [0.5, 0.6) is 0 Å². The van der Waals surface area contributed by atoms with Crippen LogP contribution in [0.4, 0.5) is 0 Å². The summed E-state index contributed by atoms with van der Waals surface area (Å²) < 4.78 is 0. The predicted molar refractivity (Wildman–Crippen MR) is 69.6 cm³/mol. The van der Waals surface area contributed by atoms with Crippen LogP contribution in [0.25, 0.3) is 0 Å².